The quantitative estimate of drug-likeness (QED) is 0.213. The van der Waals surface area contributed by atoms with Crippen molar-refractivity contribution in [2.45, 2.75) is 19.3 Å². The Hall–Kier alpha value is -5.14. The summed E-state index contributed by atoms with van der Waals surface area (Å²) in [6, 6.07) is 48.8. The fourth-order valence-electron chi connectivity index (χ4n) is 7.31. The van der Waals surface area contributed by atoms with Crippen LogP contribution in [0.2, 0.25) is 0 Å². The first-order valence-corrected chi connectivity index (χ1v) is 14.7. The van der Waals surface area contributed by atoms with E-state index in [-0.39, 0.29) is 5.41 Å². The van der Waals surface area contributed by atoms with E-state index < -0.39 is 0 Å². The second kappa shape index (κ2) is 8.44. The molecule has 9 rings (SSSR count). The van der Waals surface area contributed by atoms with E-state index in [4.69, 9.17) is 4.74 Å². The molecule has 0 saturated heterocycles. The number of rotatable bonds is 2. The Balaban J connectivity index is 1.13. The van der Waals surface area contributed by atoms with Gasteiger partial charge in [-0.2, -0.15) is 0 Å². The summed E-state index contributed by atoms with van der Waals surface area (Å²) in [5.41, 5.74) is 12.9. The molecule has 1 nitrogen and oxygen atoms in total. The van der Waals surface area contributed by atoms with Crippen LogP contribution in [0.25, 0.3) is 66.1 Å². The van der Waals surface area contributed by atoms with Gasteiger partial charge in [-0.05, 0) is 96.6 Å². The standard InChI is InChI=1S/C41H28O/c1-41(2)36-12-5-3-8-31(36)32-19-18-28(24-37(32)41)26-14-15-27-23-29(17-16-25(27)22-26)30-20-21-39-40-34(30)10-7-11-35(40)33-9-4-6-13-38(33)42-39/h3-24H,1-2H3. The predicted molar refractivity (Wildman–Crippen MR) is 175 cm³/mol. The molecule has 0 N–H and O–H groups in total. The van der Waals surface area contributed by atoms with Crippen molar-refractivity contribution in [3.8, 4) is 56.0 Å². The first-order valence-electron chi connectivity index (χ1n) is 14.7. The average molecular weight is 537 g/mol. The van der Waals surface area contributed by atoms with Gasteiger partial charge in [-0.15, -0.1) is 0 Å². The van der Waals surface area contributed by atoms with Crippen LogP contribution in [0.5, 0.6) is 11.5 Å². The Morgan fingerprint density at radius 2 is 1.07 bits per heavy atom. The number of para-hydroxylation sites is 1. The minimum Gasteiger partial charge on any atom is -0.456 e. The van der Waals surface area contributed by atoms with Gasteiger partial charge in [0.1, 0.15) is 11.5 Å². The van der Waals surface area contributed by atoms with Crippen LogP contribution in [-0.2, 0) is 5.41 Å². The molecule has 2 aliphatic rings. The van der Waals surface area contributed by atoms with E-state index in [1.54, 1.807) is 0 Å². The molecule has 7 aromatic rings. The van der Waals surface area contributed by atoms with E-state index in [0.717, 1.165) is 17.1 Å². The summed E-state index contributed by atoms with van der Waals surface area (Å²) < 4.78 is 6.32. The largest absolute Gasteiger partial charge is 0.456 e. The smallest absolute Gasteiger partial charge is 0.135 e. The summed E-state index contributed by atoms with van der Waals surface area (Å²) in [5.74, 6) is 1.84. The molecular formula is C41H28O. The van der Waals surface area contributed by atoms with E-state index in [1.165, 1.54) is 71.6 Å². The van der Waals surface area contributed by atoms with Gasteiger partial charge in [0.25, 0.3) is 0 Å². The molecule has 42 heavy (non-hydrogen) atoms. The zero-order valence-corrected chi connectivity index (χ0v) is 23.6. The molecule has 1 aliphatic heterocycles. The molecule has 1 heteroatoms. The third-order valence-electron chi connectivity index (χ3n) is 9.47. The van der Waals surface area contributed by atoms with Gasteiger partial charge in [-0.3, -0.25) is 0 Å². The predicted octanol–water partition coefficient (Wildman–Crippen LogP) is 11.4. The van der Waals surface area contributed by atoms with Crippen LogP contribution in [0.3, 0.4) is 0 Å². The highest BCUT2D eigenvalue weighted by Gasteiger charge is 2.35. The Labute approximate surface area is 245 Å². The van der Waals surface area contributed by atoms with E-state index in [0.29, 0.717) is 0 Å². The Morgan fingerprint density at radius 1 is 0.429 bits per heavy atom. The lowest BCUT2D eigenvalue weighted by Crippen LogP contribution is -2.14. The monoisotopic (exact) mass is 536 g/mol. The zero-order valence-electron chi connectivity index (χ0n) is 23.6. The molecule has 0 saturated carbocycles. The van der Waals surface area contributed by atoms with Crippen molar-refractivity contribution in [3.05, 3.63) is 145 Å². The fourth-order valence-corrected chi connectivity index (χ4v) is 7.31. The number of fused-ring (bicyclic) bond motifs is 6. The van der Waals surface area contributed by atoms with Gasteiger partial charge in [-0.25, -0.2) is 0 Å². The van der Waals surface area contributed by atoms with Crippen molar-refractivity contribution < 1.29 is 4.74 Å². The van der Waals surface area contributed by atoms with Crippen molar-refractivity contribution in [1.29, 1.82) is 0 Å². The van der Waals surface area contributed by atoms with Crippen LogP contribution in [0.1, 0.15) is 25.0 Å². The van der Waals surface area contributed by atoms with Crippen LogP contribution in [0.4, 0.5) is 0 Å². The van der Waals surface area contributed by atoms with E-state index in [2.05, 4.69) is 135 Å². The van der Waals surface area contributed by atoms with Gasteiger partial charge in [0.05, 0.1) is 0 Å². The molecule has 1 heterocycles. The average Bonchev–Trinajstić information content (AvgIpc) is 3.27. The van der Waals surface area contributed by atoms with Crippen LogP contribution < -0.4 is 4.74 Å². The fraction of sp³-hybridized carbons (Fsp3) is 0.0732. The van der Waals surface area contributed by atoms with Crippen LogP contribution in [0.15, 0.2) is 133 Å². The molecule has 7 aromatic carbocycles. The highest BCUT2D eigenvalue weighted by molar-refractivity contribution is 6.10. The Morgan fingerprint density at radius 3 is 1.95 bits per heavy atom. The summed E-state index contributed by atoms with van der Waals surface area (Å²) in [5, 5.41) is 4.90. The second-order valence-corrected chi connectivity index (χ2v) is 12.1. The van der Waals surface area contributed by atoms with Gasteiger partial charge in [0.2, 0.25) is 0 Å². The maximum atomic E-state index is 6.32. The van der Waals surface area contributed by atoms with E-state index in [9.17, 15) is 0 Å². The molecule has 0 aromatic heterocycles. The van der Waals surface area contributed by atoms with Crippen molar-refractivity contribution in [1.82, 2.24) is 0 Å². The molecule has 0 amide bonds. The number of ether oxygens (including phenoxy) is 1. The highest BCUT2D eigenvalue weighted by Crippen LogP contribution is 2.50. The van der Waals surface area contributed by atoms with Crippen molar-refractivity contribution in [2.24, 2.45) is 0 Å². The summed E-state index contributed by atoms with van der Waals surface area (Å²) in [4.78, 5) is 0. The minimum absolute atomic E-state index is 0.000529. The lowest BCUT2D eigenvalue weighted by molar-refractivity contribution is 0.487. The normalized spacial score (nSPS) is 13.9. The molecule has 0 fully saturated rings. The molecule has 198 valence electrons. The van der Waals surface area contributed by atoms with Crippen molar-refractivity contribution in [3.63, 3.8) is 0 Å². The third kappa shape index (κ3) is 3.25. The van der Waals surface area contributed by atoms with Gasteiger partial charge >= 0.3 is 0 Å². The van der Waals surface area contributed by atoms with Crippen LogP contribution >= 0.6 is 0 Å². The molecule has 0 bridgehead atoms. The summed E-state index contributed by atoms with van der Waals surface area (Å²) in [7, 11) is 0. The van der Waals surface area contributed by atoms with E-state index >= 15 is 0 Å². The maximum absolute atomic E-state index is 6.32. The summed E-state index contributed by atoms with van der Waals surface area (Å²) in [6.45, 7) is 4.69. The molecule has 0 atom stereocenters. The highest BCUT2D eigenvalue weighted by atomic mass is 16.5. The lowest BCUT2D eigenvalue weighted by Gasteiger charge is -2.22. The summed E-state index contributed by atoms with van der Waals surface area (Å²) in [6.07, 6.45) is 0. The zero-order chi connectivity index (χ0) is 28.0. The molecule has 1 aliphatic carbocycles. The van der Waals surface area contributed by atoms with Gasteiger partial charge in [-0.1, -0.05) is 117 Å². The van der Waals surface area contributed by atoms with Crippen molar-refractivity contribution >= 4 is 21.5 Å². The summed E-state index contributed by atoms with van der Waals surface area (Å²) >= 11 is 0. The number of hydrogen-bond donors (Lipinski definition) is 0. The first-order chi connectivity index (χ1) is 20.6. The Bertz CT molecular complexity index is 2250. The Kier molecular flexibility index (Phi) is 4.73. The topological polar surface area (TPSA) is 9.23 Å². The number of benzene rings is 7. The maximum Gasteiger partial charge on any atom is 0.135 e. The van der Waals surface area contributed by atoms with Crippen LogP contribution in [-0.4, -0.2) is 0 Å². The SMILES string of the molecule is CC1(C)c2ccccc2-c2ccc(-c3ccc4cc(-c5ccc6c7c(cccc57)-c5ccccc5O6)ccc4c3)cc21. The van der Waals surface area contributed by atoms with Crippen molar-refractivity contribution in [2.75, 3.05) is 0 Å². The molecule has 0 unspecified atom stereocenters. The minimum atomic E-state index is -0.000529. The third-order valence-corrected chi connectivity index (χ3v) is 9.47. The number of hydrogen-bond acceptors (Lipinski definition) is 1. The van der Waals surface area contributed by atoms with Gasteiger partial charge in [0.15, 0.2) is 0 Å². The molecule has 0 radical (unpaired) electrons. The molecular weight excluding hydrogens is 508 g/mol. The molecule has 0 spiro atoms. The van der Waals surface area contributed by atoms with Gasteiger partial charge in [0, 0.05) is 16.4 Å². The first kappa shape index (κ1) is 23.6. The van der Waals surface area contributed by atoms with Gasteiger partial charge < -0.3 is 4.74 Å². The van der Waals surface area contributed by atoms with E-state index in [1.807, 2.05) is 12.1 Å². The lowest BCUT2D eigenvalue weighted by atomic mass is 9.81. The second-order valence-electron chi connectivity index (χ2n) is 12.1. The van der Waals surface area contributed by atoms with Crippen LogP contribution in [0, 0.1) is 0 Å².